The second-order valence-corrected chi connectivity index (χ2v) is 4.75. The molecule has 0 fully saturated rings. The van der Waals surface area contributed by atoms with Crippen LogP contribution >= 0.6 is 0 Å². The molecule has 0 bridgehead atoms. The van der Waals surface area contributed by atoms with Crippen LogP contribution in [0.25, 0.3) is 16.8 Å². The van der Waals surface area contributed by atoms with Gasteiger partial charge in [-0.15, -0.1) is 15.0 Å². The van der Waals surface area contributed by atoms with Gasteiger partial charge in [-0.1, -0.05) is 30.3 Å². The van der Waals surface area contributed by atoms with Crippen LogP contribution in [-0.2, 0) is 12.8 Å². The third kappa shape index (κ3) is 3.07. The van der Waals surface area contributed by atoms with Gasteiger partial charge in [0.1, 0.15) is 6.61 Å². The Morgan fingerprint density at radius 2 is 1.83 bits per heavy atom. The zero-order valence-corrected chi connectivity index (χ0v) is 11.7. The minimum Gasteiger partial charge on any atom is -0.388 e. The lowest BCUT2D eigenvalue weighted by Gasteiger charge is -2.11. The molecular weight excluding hydrogens is 309 g/mol. The molecule has 1 aromatic heterocycles. The highest BCUT2D eigenvalue weighted by Crippen LogP contribution is 2.33. The van der Waals surface area contributed by atoms with Gasteiger partial charge in [-0.2, -0.15) is 13.2 Å². The molecule has 3 aromatic rings. The first-order valence-electron chi connectivity index (χ1n) is 6.66. The number of tetrazole rings is 1. The fourth-order valence-corrected chi connectivity index (χ4v) is 2.16. The molecular formula is C15H11F3N4O. The molecule has 0 spiro atoms. The Bertz CT molecular complexity index is 829. The lowest BCUT2D eigenvalue weighted by atomic mass is 10.0. The fourth-order valence-electron chi connectivity index (χ4n) is 2.16. The summed E-state index contributed by atoms with van der Waals surface area (Å²) in [5.74, 6) is 0.129. The van der Waals surface area contributed by atoms with Gasteiger partial charge in [0, 0.05) is 5.56 Å². The minimum absolute atomic E-state index is 0.129. The maximum atomic E-state index is 12.9. The number of alkyl halides is 3. The lowest BCUT2D eigenvalue weighted by molar-refractivity contribution is -0.137. The van der Waals surface area contributed by atoms with E-state index in [1.807, 2.05) is 0 Å². The summed E-state index contributed by atoms with van der Waals surface area (Å²) in [5, 5.41) is 20.4. The summed E-state index contributed by atoms with van der Waals surface area (Å²) in [4.78, 5) is 1.18. The summed E-state index contributed by atoms with van der Waals surface area (Å²) in [6, 6.07) is 11.8. The summed E-state index contributed by atoms with van der Waals surface area (Å²) >= 11 is 0. The van der Waals surface area contributed by atoms with E-state index in [2.05, 4.69) is 15.4 Å². The third-order valence-corrected chi connectivity index (χ3v) is 3.22. The van der Waals surface area contributed by atoms with Crippen LogP contribution in [0.2, 0.25) is 0 Å². The SMILES string of the molecule is OCc1nnn(-c2ccccc2-c2cccc(C(F)(F)F)c2)n1. The van der Waals surface area contributed by atoms with Crippen molar-refractivity contribution < 1.29 is 18.3 Å². The molecule has 0 saturated heterocycles. The maximum absolute atomic E-state index is 12.9. The van der Waals surface area contributed by atoms with E-state index in [1.165, 1.54) is 10.9 Å². The molecule has 5 nitrogen and oxygen atoms in total. The van der Waals surface area contributed by atoms with Gasteiger partial charge in [-0.25, -0.2) is 0 Å². The second kappa shape index (κ2) is 5.81. The predicted octanol–water partition coefficient (Wildman–Crippen LogP) is 2.84. The zero-order chi connectivity index (χ0) is 16.4. The van der Waals surface area contributed by atoms with Crippen LogP contribution in [0, 0.1) is 0 Å². The average Bonchev–Trinajstić information content (AvgIpc) is 3.03. The van der Waals surface area contributed by atoms with Crippen molar-refractivity contribution in [2.24, 2.45) is 0 Å². The number of hydrogen-bond donors (Lipinski definition) is 1. The number of aliphatic hydroxyl groups is 1. The Hall–Kier alpha value is -2.74. The third-order valence-electron chi connectivity index (χ3n) is 3.22. The van der Waals surface area contributed by atoms with Crippen LogP contribution in [0.15, 0.2) is 48.5 Å². The van der Waals surface area contributed by atoms with Gasteiger partial charge in [0.2, 0.25) is 5.82 Å². The topological polar surface area (TPSA) is 63.8 Å². The van der Waals surface area contributed by atoms with Crippen LogP contribution in [0.1, 0.15) is 11.4 Å². The summed E-state index contributed by atoms with van der Waals surface area (Å²) in [6.07, 6.45) is -4.42. The van der Waals surface area contributed by atoms with Gasteiger partial charge in [-0.05, 0) is 29.0 Å². The average molecular weight is 320 g/mol. The van der Waals surface area contributed by atoms with Crippen molar-refractivity contribution in [2.75, 3.05) is 0 Å². The number of rotatable bonds is 3. The molecule has 0 aliphatic carbocycles. The minimum atomic E-state index is -4.42. The monoisotopic (exact) mass is 320 g/mol. The van der Waals surface area contributed by atoms with Gasteiger partial charge < -0.3 is 5.11 Å². The molecule has 3 rings (SSSR count). The van der Waals surface area contributed by atoms with Gasteiger partial charge >= 0.3 is 6.18 Å². The molecule has 1 N–H and O–H groups in total. The standard InChI is InChI=1S/C15H11F3N4O/c16-15(17,18)11-5-3-4-10(8-11)12-6-1-2-7-13(12)22-20-14(9-23)19-21-22/h1-8,23H,9H2. The maximum Gasteiger partial charge on any atom is 0.416 e. The molecule has 0 amide bonds. The first-order chi connectivity index (χ1) is 11.0. The molecule has 1 heterocycles. The van der Waals surface area contributed by atoms with Gasteiger partial charge in [-0.3, -0.25) is 0 Å². The van der Waals surface area contributed by atoms with E-state index in [4.69, 9.17) is 5.11 Å². The predicted molar refractivity (Wildman–Crippen MR) is 75.5 cm³/mol. The van der Waals surface area contributed by atoms with Crippen molar-refractivity contribution in [3.05, 3.63) is 59.9 Å². The van der Waals surface area contributed by atoms with Crippen LogP contribution in [-0.4, -0.2) is 25.3 Å². The second-order valence-electron chi connectivity index (χ2n) is 4.75. The summed E-state index contributed by atoms with van der Waals surface area (Å²) in [7, 11) is 0. The number of para-hydroxylation sites is 1. The molecule has 118 valence electrons. The molecule has 0 saturated carbocycles. The largest absolute Gasteiger partial charge is 0.416 e. The van der Waals surface area contributed by atoms with E-state index in [9.17, 15) is 13.2 Å². The molecule has 0 aliphatic rings. The summed E-state index contributed by atoms with van der Waals surface area (Å²) < 4.78 is 38.7. The van der Waals surface area contributed by atoms with E-state index in [0.29, 0.717) is 16.8 Å². The van der Waals surface area contributed by atoms with Crippen molar-refractivity contribution in [2.45, 2.75) is 12.8 Å². The molecule has 0 unspecified atom stereocenters. The highest BCUT2D eigenvalue weighted by molar-refractivity contribution is 5.73. The number of aliphatic hydroxyl groups excluding tert-OH is 1. The first kappa shape index (κ1) is 15.2. The number of benzene rings is 2. The van der Waals surface area contributed by atoms with Gasteiger partial charge in [0.15, 0.2) is 0 Å². The lowest BCUT2D eigenvalue weighted by Crippen LogP contribution is -2.05. The molecule has 8 heteroatoms. The van der Waals surface area contributed by atoms with Gasteiger partial charge in [0.05, 0.1) is 11.3 Å². The van der Waals surface area contributed by atoms with Crippen molar-refractivity contribution in [3.8, 4) is 16.8 Å². The summed E-state index contributed by atoms with van der Waals surface area (Å²) in [6.45, 7) is -0.369. The van der Waals surface area contributed by atoms with E-state index in [0.717, 1.165) is 12.1 Å². The van der Waals surface area contributed by atoms with Crippen LogP contribution in [0.5, 0.6) is 0 Å². The molecule has 0 atom stereocenters. The highest BCUT2D eigenvalue weighted by Gasteiger charge is 2.30. The number of hydrogen-bond acceptors (Lipinski definition) is 4. The summed E-state index contributed by atoms with van der Waals surface area (Å²) in [5.41, 5.74) is 0.658. The van der Waals surface area contributed by atoms with E-state index < -0.39 is 11.7 Å². The molecule has 23 heavy (non-hydrogen) atoms. The smallest absolute Gasteiger partial charge is 0.388 e. The van der Waals surface area contributed by atoms with Crippen molar-refractivity contribution in [1.82, 2.24) is 20.2 Å². The first-order valence-corrected chi connectivity index (χ1v) is 6.66. The van der Waals surface area contributed by atoms with E-state index in [1.54, 1.807) is 30.3 Å². The Morgan fingerprint density at radius 3 is 2.52 bits per heavy atom. The quantitative estimate of drug-likeness (QED) is 0.806. The van der Waals surface area contributed by atoms with Crippen LogP contribution in [0.4, 0.5) is 13.2 Å². The fraction of sp³-hybridized carbons (Fsp3) is 0.133. The van der Waals surface area contributed by atoms with Crippen LogP contribution < -0.4 is 0 Å². The normalized spacial score (nSPS) is 11.7. The Balaban J connectivity index is 2.11. The van der Waals surface area contributed by atoms with Crippen molar-refractivity contribution in [3.63, 3.8) is 0 Å². The van der Waals surface area contributed by atoms with Gasteiger partial charge in [0.25, 0.3) is 0 Å². The Labute approximate surface area is 129 Å². The number of nitrogens with zero attached hydrogens (tertiary/aromatic N) is 4. The molecule has 0 radical (unpaired) electrons. The number of halogens is 3. The molecule has 0 aliphatic heterocycles. The molecule has 2 aromatic carbocycles. The van der Waals surface area contributed by atoms with Crippen molar-refractivity contribution in [1.29, 1.82) is 0 Å². The van der Waals surface area contributed by atoms with Crippen molar-refractivity contribution >= 4 is 0 Å². The van der Waals surface area contributed by atoms with Crippen LogP contribution in [0.3, 0.4) is 0 Å². The van der Waals surface area contributed by atoms with E-state index >= 15 is 0 Å². The van der Waals surface area contributed by atoms with E-state index in [-0.39, 0.29) is 12.4 Å². The Morgan fingerprint density at radius 1 is 1.04 bits per heavy atom. The zero-order valence-electron chi connectivity index (χ0n) is 11.7. The number of aromatic nitrogens is 4. The highest BCUT2D eigenvalue weighted by atomic mass is 19.4. The Kier molecular flexibility index (Phi) is 3.83.